The third-order valence-corrected chi connectivity index (χ3v) is 9.19. The molecule has 0 atom stereocenters. The molecule has 0 bridgehead atoms. The van der Waals surface area contributed by atoms with Gasteiger partial charge in [-0.05, 0) is 31.8 Å². The first kappa shape index (κ1) is 16.9. The van der Waals surface area contributed by atoms with Crippen LogP contribution in [0.3, 0.4) is 0 Å². The molecule has 0 spiro atoms. The lowest BCUT2D eigenvalue weighted by atomic mass is 10.0. The lowest BCUT2D eigenvalue weighted by Gasteiger charge is -2.38. The van der Waals surface area contributed by atoms with Gasteiger partial charge in [-0.3, -0.25) is 0 Å². The van der Waals surface area contributed by atoms with Crippen molar-refractivity contribution < 1.29 is 0 Å². The van der Waals surface area contributed by atoms with Gasteiger partial charge in [-0.25, -0.2) is 4.98 Å². The van der Waals surface area contributed by atoms with Crippen molar-refractivity contribution >= 4 is 27.5 Å². The first-order valence-electron chi connectivity index (χ1n) is 7.96. The van der Waals surface area contributed by atoms with Crippen LogP contribution in [0.2, 0.25) is 39.3 Å². The second-order valence-electron chi connectivity index (χ2n) is 8.17. The maximum Gasteiger partial charge on any atom is 0.0897 e. The van der Waals surface area contributed by atoms with Crippen molar-refractivity contribution in [1.82, 2.24) is 4.98 Å². The topological polar surface area (TPSA) is 12.9 Å². The molecule has 2 rings (SSSR count). The third kappa shape index (κ3) is 4.05. The molecule has 21 heavy (non-hydrogen) atoms. The van der Waals surface area contributed by atoms with Crippen LogP contribution in [0.15, 0.2) is 27.4 Å². The second-order valence-corrected chi connectivity index (χ2v) is 19.3. The predicted octanol–water partition coefficient (Wildman–Crippen LogP) is 5.77. The first-order valence-corrected chi connectivity index (χ1v) is 15.8. The Morgan fingerprint density at radius 3 is 2.14 bits per heavy atom. The van der Waals surface area contributed by atoms with Crippen LogP contribution in [-0.4, -0.2) is 21.1 Å². The molecular weight excluding hydrogens is 306 g/mol. The van der Waals surface area contributed by atoms with E-state index < -0.39 is 16.1 Å². The number of allylic oxidation sites excluding steroid dienone is 4. The summed E-state index contributed by atoms with van der Waals surface area (Å²) in [7, 11) is -2.36. The van der Waals surface area contributed by atoms with Crippen LogP contribution in [0.25, 0.3) is 0 Å². The van der Waals surface area contributed by atoms with E-state index in [2.05, 4.69) is 62.6 Å². The van der Waals surface area contributed by atoms with E-state index in [1.54, 1.807) is 27.3 Å². The van der Waals surface area contributed by atoms with Crippen LogP contribution >= 0.6 is 11.3 Å². The third-order valence-electron chi connectivity index (χ3n) is 4.01. The summed E-state index contributed by atoms with van der Waals surface area (Å²) in [6.45, 7) is 17.0. The van der Waals surface area contributed by atoms with Crippen LogP contribution in [0, 0.1) is 6.92 Å². The second kappa shape index (κ2) is 5.97. The quantitative estimate of drug-likeness (QED) is 0.602. The number of aromatic nitrogens is 1. The van der Waals surface area contributed by atoms with Gasteiger partial charge in [-0.2, -0.15) is 0 Å². The summed E-state index contributed by atoms with van der Waals surface area (Å²) < 4.78 is 0. The molecule has 116 valence electrons. The van der Waals surface area contributed by atoms with Gasteiger partial charge in [0.2, 0.25) is 0 Å². The fourth-order valence-corrected chi connectivity index (χ4v) is 9.53. The van der Waals surface area contributed by atoms with Crippen LogP contribution in [-0.2, 0) is 6.42 Å². The van der Waals surface area contributed by atoms with E-state index >= 15 is 0 Å². The first-order chi connectivity index (χ1) is 9.59. The molecule has 0 aliphatic heterocycles. The minimum absolute atomic E-state index is 1.13. The van der Waals surface area contributed by atoms with Crippen LogP contribution in [0.5, 0.6) is 0 Å². The fourth-order valence-electron chi connectivity index (χ4n) is 3.07. The Bertz CT molecular complexity index is 583. The van der Waals surface area contributed by atoms with E-state index in [9.17, 15) is 0 Å². The van der Waals surface area contributed by atoms with Gasteiger partial charge in [0.25, 0.3) is 0 Å². The van der Waals surface area contributed by atoms with Crippen molar-refractivity contribution in [2.75, 3.05) is 0 Å². The largest absolute Gasteiger partial charge is 0.247 e. The normalized spacial score (nSPS) is 16.0. The van der Waals surface area contributed by atoms with Gasteiger partial charge in [0.15, 0.2) is 0 Å². The molecule has 1 aromatic rings. The molecule has 0 saturated heterocycles. The zero-order valence-corrected chi connectivity index (χ0v) is 17.4. The van der Waals surface area contributed by atoms with Crippen molar-refractivity contribution in [3.63, 3.8) is 0 Å². The van der Waals surface area contributed by atoms with E-state index in [1.165, 1.54) is 23.5 Å². The minimum Gasteiger partial charge on any atom is -0.247 e. The predicted molar refractivity (Wildman–Crippen MR) is 102 cm³/mol. The number of hydrogen-bond donors (Lipinski definition) is 0. The molecule has 0 saturated carbocycles. The van der Waals surface area contributed by atoms with Gasteiger partial charge in [0.1, 0.15) is 0 Å². The average Bonchev–Trinajstić information content (AvgIpc) is 2.63. The van der Waals surface area contributed by atoms with Crippen molar-refractivity contribution in [2.24, 2.45) is 0 Å². The monoisotopic (exact) mass is 335 g/mol. The van der Waals surface area contributed by atoms with Crippen LogP contribution < -0.4 is 0 Å². The average molecular weight is 336 g/mol. The Morgan fingerprint density at radius 2 is 1.67 bits per heavy atom. The zero-order chi connectivity index (χ0) is 15.8. The van der Waals surface area contributed by atoms with E-state index in [-0.39, 0.29) is 0 Å². The van der Waals surface area contributed by atoms with E-state index in [1.807, 2.05) is 0 Å². The Morgan fingerprint density at radius 1 is 1.00 bits per heavy atom. The van der Waals surface area contributed by atoms with Crippen molar-refractivity contribution in [2.45, 2.75) is 65.5 Å². The lowest BCUT2D eigenvalue weighted by molar-refractivity contribution is 0.797. The van der Waals surface area contributed by atoms with E-state index in [4.69, 9.17) is 0 Å². The number of hydrogen-bond acceptors (Lipinski definition) is 2. The number of thiazole rings is 1. The zero-order valence-electron chi connectivity index (χ0n) is 14.6. The number of nitrogens with zero attached hydrogens (tertiary/aromatic N) is 1. The Balaban J connectivity index is 1.99. The number of aryl methyl sites for hydroxylation is 2. The summed E-state index contributed by atoms with van der Waals surface area (Å²) in [6, 6.07) is 0. The summed E-state index contributed by atoms with van der Waals surface area (Å²) in [5.41, 5.74) is 2.94. The van der Waals surface area contributed by atoms with Crippen molar-refractivity contribution in [1.29, 1.82) is 0 Å². The Kier molecular flexibility index (Phi) is 4.81. The molecule has 0 unspecified atom stereocenters. The van der Waals surface area contributed by atoms with Crippen LogP contribution in [0.1, 0.15) is 23.5 Å². The maximum atomic E-state index is 4.58. The van der Waals surface area contributed by atoms with Crippen LogP contribution in [0.4, 0.5) is 0 Å². The highest BCUT2D eigenvalue weighted by Gasteiger charge is 2.36. The molecule has 0 fully saturated rings. The molecule has 1 nitrogen and oxygen atoms in total. The molecule has 1 heterocycles. The molecule has 1 aromatic heterocycles. The van der Waals surface area contributed by atoms with Gasteiger partial charge in [-0.1, -0.05) is 55.8 Å². The highest BCUT2D eigenvalue weighted by molar-refractivity contribution is 7.09. The summed E-state index contributed by atoms with van der Waals surface area (Å²) in [5, 5.41) is 6.96. The molecule has 1 aliphatic rings. The number of rotatable bonds is 6. The maximum absolute atomic E-state index is 4.58. The standard InChI is InChI=1S/C17H29NSSi2/c1-13-18-15(12-19-13)10-8-9-14-11-16(20(2,3)4)17(14)21(5,6)7/h11-12H,8-10H2,1-7H3. The van der Waals surface area contributed by atoms with Gasteiger partial charge in [0.05, 0.1) is 26.8 Å². The van der Waals surface area contributed by atoms with Crippen molar-refractivity contribution in [3.8, 4) is 0 Å². The molecule has 0 amide bonds. The summed E-state index contributed by atoms with van der Waals surface area (Å²) >= 11 is 1.77. The molecular formula is C17H29NSSi2. The Labute approximate surface area is 136 Å². The summed E-state index contributed by atoms with van der Waals surface area (Å²) in [6.07, 6.45) is 6.14. The fraction of sp³-hybridized carbons (Fsp3) is 0.588. The smallest absolute Gasteiger partial charge is 0.0897 e. The summed E-state index contributed by atoms with van der Waals surface area (Å²) in [4.78, 5) is 4.58. The van der Waals surface area contributed by atoms with Gasteiger partial charge < -0.3 is 0 Å². The molecule has 1 aliphatic carbocycles. The molecule has 0 aromatic carbocycles. The van der Waals surface area contributed by atoms with E-state index in [0.717, 1.165) is 6.42 Å². The Hall–Kier alpha value is -0.456. The van der Waals surface area contributed by atoms with E-state index in [0.29, 0.717) is 0 Å². The SMILES string of the molecule is Cc1nc(CCCC2=CC([Si](C)(C)C)=C2[Si](C)(C)C)cs1. The highest BCUT2D eigenvalue weighted by atomic mass is 32.1. The molecule has 0 radical (unpaired) electrons. The van der Waals surface area contributed by atoms with Gasteiger partial charge >= 0.3 is 0 Å². The summed E-state index contributed by atoms with van der Waals surface area (Å²) in [5.74, 6) is 0. The lowest BCUT2D eigenvalue weighted by Crippen LogP contribution is -2.38. The van der Waals surface area contributed by atoms with Gasteiger partial charge in [0, 0.05) is 5.38 Å². The molecule has 0 N–H and O–H groups in total. The van der Waals surface area contributed by atoms with Crippen molar-refractivity contribution in [3.05, 3.63) is 38.1 Å². The molecule has 4 heteroatoms. The van der Waals surface area contributed by atoms with Gasteiger partial charge in [-0.15, -0.1) is 11.3 Å². The minimum atomic E-state index is -1.20. The highest BCUT2D eigenvalue weighted by Crippen LogP contribution is 2.41.